The number of nitrogen functional groups attached to an aromatic ring is 1. The maximum Gasteiger partial charge on any atom is 0.163 e. The number of hydrogen-bond acceptors (Lipinski definition) is 8. The van der Waals surface area contributed by atoms with Gasteiger partial charge in [-0.2, -0.15) is 0 Å². The Morgan fingerprint density at radius 2 is 1.85 bits per heavy atom. The zero-order chi connectivity index (χ0) is 23.4. The van der Waals surface area contributed by atoms with Crippen LogP contribution in [-0.2, 0) is 0 Å². The fourth-order valence-electron chi connectivity index (χ4n) is 3.47. The van der Waals surface area contributed by atoms with E-state index in [0.717, 1.165) is 22.8 Å². The molecule has 0 fully saturated rings. The van der Waals surface area contributed by atoms with Crippen LogP contribution in [0.1, 0.15) is 13.3 Å². The molecule has 0 spiro atoms. The molecule has 1 aromatic carbocycles. The van der Waals surface area contributed by atoms with Crippen molar-refractivity contribution in [3.8, 4) is 28.5 Å². The number of halogens is 1. The first-order valence-electron chi connectivity index (χ1n) is 10.6. The molecule has 0 aliphatic carbocycles. The molecule has 0 aliphatic rings. The Hall–Kier alpha value is -3.72. The summed E-state index contributed by atoms with van der Waals surface area (Å²) in [4.78, 5) is 13.3. The summed E-state index contributed by atoms with van der Waals surface area (Å²) in [6.45, 7) is 1.75. The van der Waals surface area contributed by atoms with E-state index in [1.165, 1.54) is 7.11 Å². The number of nitrogens with two attached hydrogens (primary N) is 2. The van der Waals surface area contributed by atoms with Crippen molar-refractivity contribution in [2.45, 2.75) is 19.4 Å². The Labute approximate surface area is 190 Å². The van der Waals surface area contributed by atoms with Crippen molar-refractivity contribution in [1.82, 2.24) is 15.0 Å². The van der Waals surface area contributed by atoms with Crippen molar-refractivity contribution in [2.75, 3.05) is 32.7 Å². The van der Waals surface area contributed by atoms with Crippen LogP contribution in [0.4, 0.5) is 10.2 Å². The Bertz CT molecular complexity index is 1280. The predicted molar refractivity (Wildman–Crippen MR) is 126 cm³/mol. The van der Waals surface area contributed by atoms with Gasteiger partial charge in [0.15, 0.2) is 11.5 Å². The smallest absolute Gasteiger partial charge is 0.163 e. The summed E-state index contributed by atoms with van der Waals surface area (Å²) < 4.78 is 29.3. The number of rotatable bonds is 9. The third-order valence-electron chi connectivity index (χ3n) is 5.33. The molecule has 172 valence electrons. The van der Waals surface area contributed by atoms with Gasteiger partial charge in [0, 0.05) is 40.8 Å². The van der Waals surface area contributed by atoms with Crippen LogP contribution < -0.4 is 25.7 Å². The highest BCUT2D eigenvalue weighted by Crippen LogP contribution is 2.37. The van der Waals surface area contributed by atoms with E-state index in [4.69, 9.17) is 25.7 Å². The summed E-state index contributed by atoms with van der Waals surface area (Å²) in [6.07, 6.45) is 5.83. The zero-order valence-corrected chi connectivity index (χ0v) is 18.5. The second-order valence-corrected chi connectivity index (χ2v) is 7.56. The number of aromatic nitrogens is 3. The number of benzene rings is 1. The summed E-state index contributed by atoms with van der Waals surface area (Å²) in [6, 6.07) is 7.28. The number of methoxy groups -OCH3 is 1. The second kappa shape index (κ2) is 9.83. The lowest BCUT2D eigenvalue weighted by Crippen LogP contribution is -2.26. The quantitative estimate of drug-likeness (QED) is 0.368. The summed E-state index contributed by atoms with van der Waals surface area (Å²) >= 11 is 0. The Balaban J connectivity index is 1.80. The molecule has 0 unspecified atom stereocenters. The van der Waals surface area contributed by atoms with Crippen molar-refractivity contribution in [1.29, 1.82) is 0 Å². The van der Waals surface area contributed by atoms with Crippen molar-refractivity contribution in [3.05, 3.63) is 42.9 Å². The molecule has 33 heavy (non-hydrogen) atoms. The molecule has 3 aromatic heterocycles. The van der Waals surface area contributed by atoms with Gasteiger partial charge in [-0.15, -0.1) is 0 Å². The minimum absolute atomic E-state index is 0.0456. The molecule has 4 N–H and O–H groups in total. The summed E-state index contributed by atoms with van der Waals surface area (Å²) in [5.74, 6) is 1.85. The average Bonchev–Trinajstić information content (AvgIpc) is 2.85. The highest BCUT2D eigenvalue weighted by Gasteiger charge is 2.14. The van der Waals surface area contributed by atoms with Crippen molar-refractivity contribution in [2.24, 2.45) is 5.73 Å². The number of hydrogen-bond donors (Lipinski definition) is 2. The first kappa shape index (κ1) is 22.5. The van der Waals surface area contributed by atoms with Gasteiger partial charge in [-0.05, 0) is 30.0 Å². The van der Waals surface area contributed by atoms with Gasteiger partial charge in [-0.25, -0.2) is 9.37 Å². The van der Waals surface area contributed by atoms with Gasteiger partial charge in [0.1, 0.15) is 31.5 Å². The maximum atomic E-state index is 12.6. The third kappa shape index (κ3) is 4.73. The molecule has 0 radical (unpaired) electrons. The standard InChI is InChI=1S/C24H26FN5O3/c1-3-15(26)13-33-16-6-14(10-28-11-16)20-7-17-18-8-22(31-2)23(32-5-4-25)9-21(18)29-12-19(17)24(27)30-20/h6-12,15H,3-5,13,26H2,1-2H3,(H2,27,30)/t15-/m1/s1. The molecule has 1 atom stereocenters. The van der Waals surface area contributed by atoms with E-state index in [1.54, 1.807) is 24.7 Å². The summed E-state index contributed by atoms with van der Waals surface area (Å²) in [7, 11) is 1.53. The minimum atomic E-state index is -0.598. The topological polar surface area (TPSA) is 118 Å². The summed E-state index contributed by atoms with van der Waals surface area (Å²) in [5, 5.41) is 2.36. The van der Waals surface area contributed by atoms with Gasteiger partial charge in [0.25, 0.3) is 0 Å². The molecular weight excluding hydrogens is 425 g/mol. The lowest BCUT2D eigenvalue weighted by atomic mass is 10.0. The monoisotopic (exact) mass is 451 g/mol. The van der Waals surface area contributed by atoms with Crippen molar-refractivity contribution in [3.63, 3.8) is 0 Å². The Kier molecular flexibility index (Phi) is 6.69. The highest BCUT2D eigenvalue weighted by molar-refractivity contribution is 6.10. The van der Waals surface area contributed by atoms with E-state index in [2.05, 4.69) is 15.0 Å². The molecule has 4 aromatic rings. The van der Waals surface area contributed by atoms with Gasteiger partial charge in [-0.3, -0.25) is 9.97 Å². The second-order valence-electron chi connectivity index (χ2n) is 7.56. The van der Waals surface area contributed by atoms with Gasteiger partial charge in [-0.1, -0.05) is 6.92 Å². The van der Waals surface area contributed by atoms with Crippen LogP contribution in [0.5, 0.6) is 17.2 Å². The van der Waals surface area contributed by atoms with E-state index in [-0.39, 0.29) is 12.6 Å². The molecule has 0 bridgehead atoms. The number of fused-ring (bicyclic) bond motifs is 3. The molecular formula is C24H26FN5O3. The predicted octanol–water partition coefficient (Wildman–Crippen LogP) is 3.90. The lowest BCUT2D eigenvalue weighted by molar-refractivity contribution is 0.260. The van der Waals surface area contributed by atoms with Gasteiger partial charge in [0.2, 0.25) is 0 Å². The number of alkyl halides is 1. The van der Waals surface area contributed by atoms with Crippen molar-refractivity contribution >= 4 is 27.5 Å². The fourth-order valence-corrected chi connectivity index (χ4v) is 3.47. The summed E-state index contributed by atoms with van der Waals surface area (Å²) in [5.41, 5.74) is 14.3. The van der Waals surface area contributed by atoms with Crippen LogP contribution in [0, 0.1) is 0 Å². The maximum absolute atomic E-state index is 12.6. The third-order valence-corrected chi connectivity index (χ3v) is 5.33. The largest absolute Gasteiger partial charge is 0.493 e. The highest BCUT2D eigenvalue weighted by atomic mass is 19.1. The normalized spacial score (nSPS) is 12.1. The minimum Gasteiger partial charge on any atom is -0.493 e. The molecule has 8 nitrogen and oxygen atoms in total. The lowest BCUT2D eigenvalue weighted by Gasteiger charge is -2.14. The van der Waals surface area contributed by atoms with Gasteiger partial charge < -0.3 is 25.7 Å². The van der Waals surface area contributed by atoms with E-state index in [0.29, 0.717) is 46.3 Å². The molecule has 9 heteroatoms. The fraction of sp³-hybridized carbons (Fsp3) is 0.292. The molecule has 3 heterocycles. The van der Waals surface area contributed by atoms with Crippen LogP contribution in [0.3, 0.4) is 0 Å². The Morgan fingerprint density at radius 3 is 2.61 bits per heavy atom. The van der Waals surface area contributed by atoms with Crippen LogP contribution in [0.2, 0.25) is 0 Å². The van der Waals surface area contributed by atoms with Crippen LogP contribution >= 0.6 is 0 Å². The van der Waals surface area contributed by atoms with Crippen LogP contribution in [-0.4, -0.2) is 48.0 Å². The average molecular weight is 452 g/mol. The molecule has 0 aliphatic heterocycles. The number of pyridine rings is 3. The van der Waals surface area contributed by atoms with E-state index < -0.39 is 6.67 Å². The molecule has 0 saturated heterocycles. The number of nitrogens with zero attached hydrogens (tertiary/aromatic N) is 3. The SMILES string of the molecule is CC[C@@H](N)COc1cncc(-c2cc3c(cnc4cc(OCCF)c(OC)cc43)c(N)n2)c1. The van der Waals surface area contributed by atoms with Gasteiger partial charge >= 0.3 is 0 Å². The van der Waals surface area contributed by atoms with Gasteiger partial charge in [0.05, 0.1) is 24.5 Å². The number of ether oxygens (including phenoxy) is 3. The van der Waals surface area contributed by atoms with E-state index in [1.807, 2.05) is 25.1 Å². The van der Waals surface area contributed by atoms with Crippen LogP contribution in [0.25, 0.3) is 32.9 Å². The first-order chi connectivity index (χ1) is 16.0. The Morgan fingerprint density at radius 1 is 1.00 bits per heavy atom. The number of anilines is 1. The van der Waals surface area contributed by atoms with Crippen LogP contribution in [0.15, 0.2) is 42.9 Å². The van der Waals surface area contributed by atoms with Crippen molar-refractivity contribution < 1.29 is 18.6 Å². The zero-order valence-electron chi connectivity index (χ0n) is 18.5. The van der Waals surface area contributed by atoms with E-state index >= 15 is 0 Å². The first-order valence-corrected chi connectivity index (χ1v) is 10.6. The van der Waals surface area contributed by atoms with E-state index in [9.17, 15) is 4.39 Å². The molecule has 4 rings (SSSR count). The molecule has 0 saturated carbocycles. The molecule has 0 amide bonds.